The Morgan fingerprint density at radius 2 is 1.48 bits per heavy atom. The summed E-state index contributed by atoms with van der Waals surface area (Å²) in [5.41, 5.74) is 2.26. The van der Waals surface area contributed by atoms with Gasteiger partial charge in [0.2, 0.25) is 0 Å². The molecular weight excluding hydrogens is 389 g/mol. The molecule has 146 valence electrons. The molecule has 0 bridgehead atoms. The Bertz CT molecular complexity index is 1210. The van der Waals surface area contributed by atoms with Crippen LogP contribution in [0.3, 0.4) is 0 Å². The second kappa shape index (κ2) is 7.89. The summed E-state index contributed by atoms with van der Waals surface area (Å²) in [6.45, 7) is 0.474. The molecule has 5 nitrogen and oxygen atoms in total. The first kappa shape index (κ1) is 18.9. The minimum absolute atomic E-state index is 0.141. The van der Waals surface area contributed by atoms with Crippen molar-refractivity contribution in [2.75, 3.05) is 4.72 Å². The highest BCUT2D eigenvalue weighted by atomic mass is 32.2. The van der Waals surface area contributed by atoms with Crippen LogP contribution in [0.25, 0.3) is 11.1 Å². The minimum atomic E-state index is -3.81. The Hall–Kier alpha value is -3.45. The molecule has 0 fully saturated rings. The maximum Gasteiger partial charge on any atom is 0.263 e. The van der Waals surface area contributed by atoms with E-state index < -0.39 is 10.0 Å². The number of hydrogen-bond donors (Lipinski definition) is 1. The molecule has 0 unspecified atom stereocenters. The summed E-state index contributed by atoms with van der Waals surface area (Å²) < 4.78 is 43.2. The van der Waals surface area contributed by atoms with Gasteiger partial charge in [-0.15, -0.1) is 0 Å². The molecule has 3 aromatic carbocycles. The van der Waals surface area contributed by atoms with E-state index in [1.807, 2.05) is 30.3 Å². The largest absolute Gasteiger partial charge is 0.266 e. The Morgan fingerprint density at radius 1 is 0.862 bits per heavy atom. The van der Waals surface area contributed by atoms with Crippen LogP contribution in [0.1, 0.15) is 5.56 Å². The van der Waals surface area contributed by atoms with Crippen LogP contribution in [0.2, 0.25) is 0 Å². The summed E-state index contributed by atoms with van der Waals surface area (Å²) in [6.07, 6.45) is 1.75. The number of halogens is 1. The van der Waals surface area contributed by atoms with Gasteiger partial charge in [0, 0.05) is 11.8 Å². The van der Waals surface area contributed by atoms with Crippen LogP contribution >= 0.6 is 0 Å². The number of nitrogens with zero attached hydrogens (tertiary/aromatic N) is 2. The normalized spacial score (nSPS) is 11.3. The van der Waals surface area contributed by atoms with Gasteiger partial charge in [0.1, 0.15) is 5.82 Å². The van der Waals surface area contributed by atoms with E-state index in [0.29, 0.717) is 17.7 Å². The number of anilines is 1. The fraction of sp³-hybridized carbons (Fsp3) is 0.0455. The topological polar surface area (TPSA) is 64.0 Å². The Kier molecular flexibility index (Phi) is 5.14. The Morgan fingerprint density at radius 3 is 2.14 bits per heavy atom. The van der Waals surface area contributed by atoms with Gasteiger partial charge in [-0.3, -0.25) is 9.40 Å². The van der Waals surface area contributed by atoms with Crippen molar-refractivity contribution in [2.45, 2.75) is 11.4 Å². The zero-order valence-electron chi connectivity index (χ0n) is 15.4. The number of aromatic nitrogens is 2. The lowest BCUT2D eigenvalue weighted by Gasteiger charge is -2.07. The van der Waals surface area contributed by atoms with Crippen molar-refractivity contribution in [2.24, 2.45) is 0 Å². The summed E-state index contributed by atoms with van der Waals surface area (Å²) in [5, 5.41) is 4.45. The summed E-state index contributed by atoms with van der Waals surface area (Å²) >= 11 is 0. The van der Waals surface area contributed by atoms with Crippen LogP contribution < -0.4 is 4.72 Å². The van der Waals surface area contributed by atoms with E-state index in [1.54, 1.807) is 41.2 Å². The molecule has 1 heterocycles. The molecule has 4 rings (SSSR count). The predicted octanol–water partition coefficient (Wildman–Crippen LogP) is 4.54. The smallest absolute Gasteiger partial charge is 0.263 e. The molecule has 0 radical (unpaired) electrons. The van der Waals surface area contributed by atoms with Crippen molar-refractivity contribution >= 4 is 15.8 Å². The SMILES string of the molecule is O=S(=O)(Nc1nn(Cc2ccccc2)cc1-c1ccc(F)cc1)c1ccccc1. The molecule has 1 N–H and O–H groups in total. The highest BCUT2D eigenvalue weighted by Gasteiger charge is 2.19. The summed E-state index contributed by atoms with van der Waals surface area (Å²) in [7, 11) is -3.81. The van der Waals surface area contributed by atoms with Crippen molar-refractivity contribution in [3.8, 4) is 11.1 Å². The average molecular weight is 407 g/mol. The standard InChI is InChI=1S/C22H18FN3O2S/c23-19-13-11-18(12-14-19)21-16-26(15-17-7-3-1-4-8-17)24-22(21)25-29(27,28)20-9-5-2-6-10-20/h1-14,16H,15H2,(H,24,25). The van der Waals surface area contributed by atoms with Gasteiger partial charge in [0.25, 0.3) is 10.0 Å². The number of benzene rings is 3. The van der Waals surface area contributed by atoms with Crippen molar-refractivity contribution in [1.29, 1.82) is 0 Å². The lowest BCUT2D eigenvalue weighted by molar-refractivity contribution is 0.600. The first-order valence-corrected chi connectivity index (χ1v) is 10.4. The van der Waals surface area contributed by atoms with Gasteiger partial charge in [-0.25, -0.2) is 12.8 Å². The molecule has 0 amide bonds. The van der Waals surface area contributed by atoms with Gasteiger partial charge in [-0.1, -0.05) is 60.7 Å². The Balaban J connectivity index is 1.73. The molecule has 4 aromatic rings. The number of nitrogens with one attached hydrogen (secondary N) is 1. The second-order valence-electron chi connectivity index (χ2n) is 6.50. The minimum Gasteiger partial charge on any atom is -0.266 e. The van der Waals surface area contributed by atoms with E-state index in [2.05, 4.69) is 9.82 Å². The van der Waals surface area contributed by atoms with E-state index in [4.69, 9.17) is 0 Å². The number of rotatable bonds is 6. The number of hydrogen-bond acceptors (Lipinski definition) is 3. The fourth-order valence-electron chi connectivity index (χ4n) is 2.97. The first-order chi connectivity index (χ1) is 14.0. The van der Waals surface area contributed by atoms with E-state index >= 15 is 0 Å². The maximum atomic E-state index is 13.4. The van der Waals surface area contributed by atoms with Gasteiger partial charge in [-0.05, 0) is 35.4 Å². The maximum absolute atomic E-state index is 13.4. The molecule has 0 saturated heterocycles. The third-order valence-electron chi connectivity index (χ3n) is 4.39. The zero-order valence-corrected chi connectivity index (χ0v) is 16.2. The van der Waals surface area contributed by atoms with Crippen molar-refractivity contribution in [1.82, 2.24) is 9.78 Å². The average Bonchev–Trinajstić information content (AvgIpc) is 3.11. The molecule has 0 aliphatic carbocycles. The monoisotopic (exact) mass is 407 g/mol. The second-order valence-corrected chi connectivity index (χ2v) is 8.18. The lowest BCUT2D eigenvalue weighted by Crippen LogP contribution is -2.14. The van der Waals surface area contributed by atoms with Crippen LogP contribution in [0.4, 0.5) is 10.2 Å². The van der Waals surface area contributed by atoms with Crippen LogP contribution in [0.15, 0.2) is 96.0 Å². The van der Waals surface area contributed by atoms with Crippen molar-refractivity contribution in [3.63, 3.8) is 0 Å². The van der Waals surface area contributed by atoms with Gasteiger partial charge < -0.3 is 0 Å². The molecule has 1 aromatic heterocycles. The van der Waals surface area contributed by atoms with Crippen LogP contribution in [0.5, 0.6) is 0 Å². The molecular formula is C22H18FN3O2S. The molecule has 7 heteroatoms. The van der Waals surface area contributed by atoms with Gasteiger partial charge >= 0.3 is 0 Å². The summed E-state index contributed by atoms with van der Waals surface area (Å²) in [4.78, 5) is 0.141. The Labute approximate surface area is 168 Å². The van der Waals surface area contributed by atoms with Crippen LogP contribution in [-0.2, 0) is 16.6 Å². The lowest BCUT2D eigenvalue weighted by atomic mass is 10.1. The first-order valence-electron chi connectivity index (χ1n) is 8.96. The van der Waals surface area contributed by atoms with Crippen LogP contribution in [0, 0.1) is 5.82 Å². The highest BCUT2D eigenvalue weighted by molar-refractivity contribution is 7.92. The van der Waals surface area contributed by atoms with Gasteiger partial charge in [0.05, 0.1) is 11.4 Å². The number of sulfonamides is 1. The molecule has 29 heavy (non-hydrogen) atoms. The van der Waals surface area contributed by atoms with Gasteiger partial charge in [0.15, 0.2) is 5.82 Å². The molecule has 0 atom stereocenters. The molecule has 0 saturated carbocycles. The van der Waals surface area contributed by atoms with Crippen molar-refractivity contribution < 1.29 is 12.8 Å². The quantitative estimate of drug-likeness (QED) is 0.510. The third kappa shape index (κ3) is 4.35. The molecule has 0 aliphatic rings. The van der Waals surface area contributed by atoms with E-state index in [0.717, 1.165) is 5.56 Å². The van der Waals surface area contributed by atoms with E-state index in [1.165, 1.54) is 24.3 Å². The summed E-state index contributed by atoms with van der Waals surface area (Å²) in [6, 6.07) is 23.7. The van der Waals surface area contributed by atoms with E-state index in [9.17, 15) is 12.8 Å². The summed E-state index contributed by atoms with van der Waals surface area (Å²) in [5.74, 6) is -0.173. The van der Waals surface area contributed by atoms with Crippen molar-refractivity contribution in [3.05, 3.63) is 103 Å². The third-order valence-corrected chi connectivity index (χ3v) is 5.74. The fourth-order valence-corrected chi connectivity index (χ4v) is 4.01. The zero-order chi connectivity index (χ0) is 20.3. The highest BCUT2D eigenvalue weighted by Crippen LogP contribution is 2.29. The van der Waals surface area contributed by atoms with Crippen LogP contribution in [-0.4, -0.2) is 18.2 Å². The molecule has 0 spiro atoms. The van der Waals surface area contributed by atoms with Gasteiger partial charge in [-0.2, -0.15) is 5.10 Å². The van der Waals surface area contributed by atoms with E-state index in [-0.39, 0.29) is 16.5 Å². The predicted molar refractivity (Wildman–Crippen MR) is 110 cm³/mol. The molecule has 0 aliphatic heterocycles.